The van der Waals surface area contributed by atoms with Crippen molar-refractivity contribution in [1.82, 2.24) is 15.1 Å². The molecule has 3 rings (SSSR count). The van der Waals surface area contributed by atoms with Gasteiger partial charge in [-0.3, -0.25) is 9.48 Å². The van der Waals surface area contributed by atoms with Crippen LogP contribution in [0.15, 0.2) is 54.6 Å². The third-order valence-corrected chi connectivity index (χ3v) is 4.57. The molecule has 4 nitrogen and oxygen atoms in total. The van der Waals surface area contributed by atoms with E-state index in [4.69, 9.17) is 0 Å². The van der Waals surface area contributed by atoms with E-state index >= 15 is 0 Å². The lowest BCUT2D eigenvalue weighted by Gasteiger charge is -2.07. The monoisotopic (exact) mass is 333 g/mol. The minimum Gasteiger partial charge on any atom is -0.352 e. The van der Waals surface area contributed by atoms with Crippen molar-refractivity contribution in [3.8, 4) is 11.1 Å². The molecule has 1 heterocycles. The van der Waals surface area contributed by atoms with E-state index in [1.54, 1.807) is 0 Å². The van der Waals surface area contributed by atoms with E-state index < -0.39 is 0 Å². The summed E-state index contributed by atoms with van der Waals surface area (Å²) in [7, 11) is 1.94. The maximum absolute atomic E-state index is 12.3. The lowest BCUT2D eigenvalue weighted by Crippen LogP contribution is -2.25. The summed E-state index contributed by atoms with van der Waals surface area (Å²) in [5.74, 6) is -0.0428. The summed E-state index contributed by atoms with van der Waals surface area (Å²) in [5, 5.41) is 7.40. The van der Waals surface area contributed by atoms with Gasteiger partial charge in [-0.25, -0.2) is 0 Å². The normalized spacial score (nSPS) is 10.7. The molecule has 0 aliphatic carbocycles. The smallest absolute Gasteiger partial charge is 0.251 e. The van der Waals surface area contributed by atoms with Gasteiger partial charge in [-0.05, 0) is 49.1 Å². The number of nitrogens with one attached hydrogen (secondary N) is 1. The molecule has 1 amide bonds. The maximum atomic E-state index is 12.3. The number of benzene rings is 2. The zero-order chi connectivity index (χ0) is 17.8. The van der Waals surface area contributed by atoms with Crippen molar-refractivity contribution in [3.05, 3.63) is 77.1 Å². The van der Waals surface area contributed by atoms with Crippen molar-refractivity contribution in [2.24, 2.45) is 7.05 Å². The van der Waals surface area contributed by atoms with Gasteiger partial charge >= 0.3 is 0 Å². The van der Waals surface area contributed by atoms with Gasteiger partial charge in [0.25, 0.3) is 5.91 Å². The Balaban J connectivity index is 1.60. The van der Waals surface area contributed by atoms with Gasteiger partial charge in [0.05, 0.1) is 5.69 Å². The molecule has 0 atom stereocenters. The zero-order valence-electron chi connectivity index (χ0n) is 14.9. The second-order valence-corrected chi connectivity index (χ2v) is 6.22. The Bertz CT molecular complexity index is 864. The molecular weight excluding hydrogens is 310 g/mol. The molecule has 0 spiro atoms. The third-order valence-electron chi connectivity index (χ3n) is 4.57. The van der Waals surface area contributed by atoms with Crippen LogP contribution in [-0.4, -0.2) is 22.2 Å². The number of hydrogen-bond acceptors (Lipinski definition) is 2. The van der Waals surface area contributed by atoms with Gasteiger partial charge in [0.2, 0.25) is 0 Å². The van der Waals surface area contributed by atoms with E-state index in [0.717, 1.165) is 28.9 Å². The van der Waals surface area contributed by atoms with E-state index in [2.05, 4.69) is 29.5 Å². The number of nitrogens with zero attached hydrogens (tertiary/aromatic N) is 2. The number of aromatic nitrogens is 2. The molecule has 1 N–H and O–H groups in total. The first kappa shape index (κ1) is 17.0. The molecule has 128 valence electrons. The average Bonchev–Trinajstić information content (AvgIpc) is 2.88. The van der Waals surface area contributed by atoms with Gasteiger partial charge in [0, 0.05) is 24.8 Å². The molecule has 0 bridgehead atoms. The standard InChI is InChI=1S/C21H23N3O/c1-15-20(16(2)24(3)23-15)13-14-22-21(25)19-11-9-18(10-12-19)17-7-5-4-6-8-17/h4-12H,13-14H2,1-3H3,(H,22,25). The Hall–Kier alpha value is -2.88. The summed E-state index contributed by atoms with van der Waals surface area (Å²) in [5.41, 5.74) is 6.33. The Morgan fingerprint density at radius 1 is 1.00 bits per heavy atom. The summed E-state index contributed by atoms with van der Waals surface area (Å²) in [6.07, 6.45) is 0.791. The summed E-state index contributed by atoms with van der Waals surface area (Å²) < 4.78 is 1.88. The third kappa shape index (κ3) is 3.79. The number of hydrogen-bond donors (Lipinski definition) is 1. The van der Waals surface area contributed by atoms with Crippen LogP contribution in [0.3, 0.4) is 0 Å². The summed E-state index contributed by atoms with van der Waals surface area (Å²) >= 11 is 0. The fraction of sp³-hybridized carbons (Fsp3) is 0.238. The highest BCUT2D eigenvalue weighted by molar-refractivity contribution is 5.94. The van der Waals surface area contributed by atoms with Gasteiger partial charge in [0.1, 0.15) is 0 Å². The highest BCUT2D eigenvalue weighted by Crippen LogP contribution is 2.19. The van der Waals surface area contributed by atoms with Gasteiger partial charge in [-0.1, -0.05) is 42.5 Å². The van der Waals surface area contributed by atoms with Crippen molar-refractivity contribution < 1.29 is 4.79 Å². The Morgan fingerprint density at radius 2 is 1.64 bits per heavy atom. The number of amides is 1. The van der Waals surface area contributed by atoms with Gasteiger partial charge in [0.15, 0.2) is 0 Å². The van der Waals surface area contributed by atoms with Crippen LogP contribution in [0.5, 0.6) is 0 Å². The Morgan fingerprint density at radius 3 is 2.24 bits per heavy atom. The van der Waals surface area contributed by atoms with Crippen LogP contribution >= 0.6 is 0 Å². The summed E-state index contributed by atoms with van der Waals surface area (Å²) in [4.78, 5) is 12.3. The van der Waals surface area contributed by atoms with Gasteiger partial charge < -0.3 is 5.32 Å². The second-order valence-electron chi connectivity index (χ2n) is 6.22. The lowest BCUT2D eigenvalue weighted by atomic mass is 10.0. The largest absolute Gasteiger partial charge is 0.352 e. The van der Waals surface area contributed by atoms with Crippen LogP contribution in [0.1, 0.15) is 27.3 Å². The van der Waals surface area contributed by atoms with Crippen LogP contribution in [0, 0.1) is 13.8 Å². The first-order valence-corrected chi connectivity index (χ1v) is 8.49. The number of carbonyl (C=O) groups excluding carboxylic acids is 1. The average molecular weight is 333 g/mol. The molecule has 0 aliphatic rings. The molecule has 0 fully saturated rings. The molecule has 1 aromatic heterocycles. The molecule has 0 unspecified atom stereocenters. The lowest BCUT2D eigenvalue weighted by molar-refractivity contribution is 0.0954. The van der Waals surface area contributed by atoms with E-state index in [-0.39, 0.29) is 5.91 Å². The molecule has 0 radical (unpaired) electrons. The second kappa shape index (κ2) is 7.34. The van der Waals surface area contributed by atoms with Crippen LogP contribution in [-0.2, 0) is 13.5 Å². The SMILES string of the molecule is Cc1nn(C)c(C)c1CCNC(=O)c1ccc(-c2ccccc2)cc1. The van der Waals surface area contributed by atoms with E-state index in [1.807, 2.05) is 61.1 Å². The molecule has 25 heavy (non-hydrogen) atoms. The van der Waals surface area contributed by atoms with Crippen molar-refractivity contribution in [3.63, 3.8) is 0 Å². The van der Waals surface area contributed by atoms with Gasteiger partial charge in [-0.2, -0.15) is 5.10 Å². The highest BCUT2D eigenvalue weighted by atomic mass is 16.1. The molecule has 0 saturated heterocycles. The fourth-order valence-corrected chi connectivity index (χ4v) is 3.03. The van der Waals surface area contributed by atoms with E-state index in [9.17, 15) is 4.79 Å². The maximum Gasteiger partial charge on any atom is 0.251 e. The molecule has 0 saturated carbocycles. The molecule has 3 aromatic rings. The molecular formula is C21H23N3O. The first-order valence-electron chi connectivity index (χ1n) is 8.49. The quantitative estimate of drug-likeness (QED) is 0.774. The Kier molecular flexibility index (Phi) is 4.98. The van der Waals surface area contributed by atoms with Crippen LogP contribution < -0.4 is 5.32 Å². The van der Waals surface area contributed by atoms with Crippen molar-refractivity contribution in [1.29, 1.82) is 0 Å². The molecule has 4 heteroatoms. The van der Waals surface area contributed by atoms with Crippen LogP contribution in [0.25, 0.3) is 11.1 Å². The first-order chi connectivity index (χ1) is 12.1. The predicted molar refractivity (Wildman–Crippen MR) is 101 cm³/mol. The van der Waals surface area contributed by atoms with Crippen molar-refractivity contribution in [2.45, 2.75) is 20.3 Å². The number of aryl methyl sites for hydroxylation is 2. The van der Waals surface area contributed by atoms with E-state index in [0.29, 0.717) is 12.1 Å². The number of rotatable bonds is 5. The molecule has 2 aromatic carbocycles. The zero-order valence-corrected chi connectivity index (χ0v) is 14.9. The number of carbonyl (C=O) groups is 1. The van der Waals surface area contributed by atoms with E-state index in [1.165, 1.54) is 5.56 Å². The topological polar surface area (TPSA) is 46.9 Å². The van der Waals surface area contributed by atoms with Gasteiger partial charge in [-0.15, -0.1) is 0 Å². The van der Waals surface area contributed by atoms with Crippen LogP contribution in [0.4, 0.5) is 0 Å². The predicted octanol–water partition coefficient (Wildman–Crippen LogP) is 3.68. The fourth-order valence-electron chi connectivity index (χ4n) is 3.03. The van der Waals surface area contributed by atoms with Crippen LogP contribution in [0.2, 0.25) is 0 Å². The summed E-state index contributed by atoms with van der Waals surface area (Å²) in [6.45, 7) is 4.67. The van der Waals surface area contributed by atoms with Crippen molar-refractivity contribution in [2.75, 3.05) is 6.54 Å². The highest BCUT2D eigenvalue weighted by Gasteiger charge is 2.10. The Labute approximate surface area is 148 Å². The minimum absolute atomic E-state index is 0.0428. The van der Waals surface area contributed by atoms with Crippen molar-refractivity contribution >= 4 is 5.91 Å². The minimum atomic E-state index is -0.0428. The summed E-state index contributed by atoms with van der Waals surface area (Å²) in [6, 6.07) is 17.9. The molecule has 0 aliphatic heterocycles.